The van der Waals surface area contributed by atoms with Gasteiger partial charge in [-0.25, -0.2) is 4.39 Å². The van der Waals surface area contributed by atoms with Gasteiger partial charge in [-0.2, -0.15) is 18.4 Å². The maximum absolute atomic E-state index is 14.1. The molecule has 1 aromatic rings. The number of benzene rings is 1. The van der Waals surface area contributed by atoms with Gasteiger partial charge in [-0.05, 0) is 12.1 Å². The Morgan fingerprint density at radius 3 is 2.52 bits per heavy atom. The summed E-state index contributed by atoms with van der Waals surface area (Å²) in [5.74, 6) is -0.913. The average Bonchev–Trinajstić information content (AvgIpc) is 2.45. The highest BCUT2D eigenvalue weighted by atomic mass is 19.4. The van der Waals surface area contributed by atoms with Gasteiger partial charge in [0.2, 0.25) is 0 Å². The van der Waals surface area contributed by atoms with Gasteiger partial charge >= 0.3 is 6.18 Å². The van der Waals surface area contributed by atoms with E-state index in [0.717, 1.165) is 18.2 Å². The molecule has 1 aromatic carbocycles. The maximum atomic E-state index is 14.1. The van der Waals surface area contributed by atoms with Crippen LogP contribution in [0.25, 0.3) is 0 Å². The molecule has 0 unspecified atom stereocenters. The number of halogens is 4. The van der Waals surface area contributed by atoms with Crippen LogP contribution in [0.3, 0.4) is 0 Å². The molecule has 0 saturated carbocycles. The van der Waals surface area contributed by atoms with E-state index in [1.807, 2.05) is 6.07 Å². The third kappa shape index (κ3) is 3.52. The first-order valence-corrected chi connectivity index (χ1v) is 6.62. The van der Waals surface area contributed by atoms with Crippen LogP contribution >= 0.6 is 0 Å². The van der Waals surface area contributed by atoms with E-state index in [1.165, 1.54) is 0 Å². The summed E-state index contributed by atoms with van der Waals surface area (Å²) in [5, 5.41) is 12.0. The van der Waals surface area contributed by atoms with Crippen LogP contribution in [0.1, 0.15) is 23.6 Å². The largest absolute Gasteiger partial charge is 0.416 e. The zero-order valence-electron chi connectivity index (χ0n) is 11.3. The molecule has 1 aliphatic heterocycles. The van der Waals surface area contributed by atoms with Crippen LogP contribution in [0, 0.1) is 17.1 Å². The van der Waals surface area contributed by atoms with Gasteiger partial charge in [0.25, 0.3) is 0 Å². The van der Waals surface area contributed by atoms with Gasteiger partial charge in [0.05, 0.1) is 24.1 Å². The summed E-state index contributed by atoms with van der Waals surface area (Å²) in [6.45, 7) is 2.19. The van der Waals surface area contributed by atoms with E-state index in [-0.39, 0.29) is 6.42 Å². The summed E-state index contributed by atoms with van der Waals surface area (Å²) in [5.41, 5.74) is -1.42. The van der Waals surface area contributed by atoms with E-state index < -0.39 is 29.2 Å². The zero-order valence-corrected chi connectivity index (χ0v) is 11.3. The molecule has 0 aromatic heterocycles. The summed E-state index contributed by atoms with van der Waals surface area (Å²) in [6.07, 6.45) is -4.82. The molecule has 114 valence electrons. The van der Waals surface area contributed by atoms with Crippen molar-refractivity contribution in [2.24, 2.45) is 0 Å². The van der Waals surface area contributed by atoms with Crippen LogP contribution in [-0.4, -0.2) is 31.1 Å². The molecular weight excluding hydrogens is 286 g/mol. The van der Waals surface area contributed by atoms with Crippen LogP contribution in [0.5, 0.6) is 0 Å². The van der Waals surface area contributed by atoms with Gasteiger partial charge in [0.1, 0.15) is 5.82 Å². The first-order valence-electron chi connectivity index (χ1n) is 6.62. The van der Waals surface area contributed by atoms with Crippen molar-refractivity contribution in [2.45, 2.75) is 18.6 Å². The van der Waals surface area contributed by atoms with Crippen LogP contribution in [0.2, 0.25) is 0 Å². The zero-order chi connectivity index (χ0) is 15.5. The number of nitrogens with zero attached hydrogens (tertiary/aromatic N) is 2. The lowest BCUT2D eigenvalue weighted by Gasteiger charge is -2.35. The lowest BCUT2D eigenvalue weighted by molar-refractivity contribution is -0.139. The SMILES string of the molecule is N#CC[C@H](c1c(F)cccc1C(F)(F)F)N1CCNCC1. The predicted molar refractivity (Wildman–Crippen MR) is 68.8 cm³/mol. The van der Waals surface area contributed by atoms with E-state index in [9.17, 15) is 17.6 Å². The molecule has 0 radical (unpaired) electrons. The topological polar surface area (TPSA) is 39.1 Å². The van der Waals surface area contributed by atoms with Gasteiger partial charge in [-0.1, -0.05) is 6.07 Å². The number of hydrogen-bond donors (Lipinski definition) is 1. The van der Waals surface area contributed by atoms with Gasteiger partial charge in [0, 0.05) is 31.7 Å². The Morgan fingerprint density at radius 2 is 1.95 bits per heavy atom. The van der Waals surface area contributed by atoms with Crippen molar-refractivity contribution >= 4 is 0 Å². The first-order chi connectivity index (χ1) is 9.95. The third-order valence-electron chi connectivity index (χ3n) is 3.57. The number of piperazine rings is 1. The fraction of sp³-hybridized carbons (Fsp3) is 0.500. The van der Waals surface area contributed by atoms with Crippen molar-refractivity contribution in [3.63, 3.8) is 0 Å². The molecule has 7 heteroatoms. The number of hydrogen-bond acceptors (Lipinski definition) is 3. The minimum atomic E-state index is -4.64. The molecule has 1 N–H and O–H groups in total. The highest BCUT2D eigenvalue weighted by Crippen LogP contribution is 2.38. The minimum Gasteiger partial charge on any atom is -0.314 e. The van der Waals surface area contributed by atoms with Crippen molar-refractivity contribution in [3.8, 4) is 6.07 Å². The highest BCUT2D eigenvalue weighted by molar-refractivity contribution is 5.34. The van der Waals surface area contributed by atoms with Crippen LogP contribution in [0.4, 0.5) is 17.6 Å². The van der Waals surface area contributed by atoms with E-state index in [4.69, 9.17) is 5.26 Å². The summed E-state index contributed by atoms with van der Waals surface area (Å²) in [4.78, 5) is 1.73. The minimum absolute atomic E-state index is 0.177. The Bertz CT molecular complexity index is 530. The van der Waals surface area contributed by atoms with E-state index >= 15 is 0 Å². The molecule has 2 rings (SSSR count). The molecule has 0 aliphatic carbocycles. The Balaban J connectivity index is 2.47. The summed E-state index contributed by atoms with van der Waals surface area (Å²) >= 11 is 0. The van der Waals surface area contributed by atoms with Gasteiger partial charge in [-0.15, -0.1) is 0 Å². The average molecular weight is 301 g/mol. The van der Waals surface area contributed by atoms with E-state index in [1.54, 1.807) is 4.90 Å². The number of alkyl halides is 3. The molecule has 1 saturated heterocycles. The monoisotopic (exact) mass is 301 g/mol. The molecule has 0 bridgehead atoms. The molecule has 0 spiro atoms. The quantitative estimate of drug-likeness (QED) is 0.873. The summed E-state index contributed by atoms with van der Waals surface area (Å²) < 4.78 is 53.4. The van der Waals surface area contributed by atoms with Crippen LogP contribution < -0.4 is 5.32 Å². The molecule has 3 nitrogen and oxygen atoms in total. The van der Waals surface area contributed by atoms with E-state index in [0.29, 0.717) is 26.2 Å². The number of nitriles is 1. The molecule has 0 amide bonds. The highest BCUT2D eigenvalue weighted by Gasteiger charge is 2.38. The van der Waals surface area contributed by atoms with Crippen molar-refractivity contribution in [1.29, 1.82) is 5.26 Å². The molecule has 1 fully saturated rings. The molecule has 21 heavy (non-hydrogen) atoms. The molecular formula is C14H15F4N3. The lowest BCUT2D eigenvalue weighted by atomic mass is 9.95. The molecule has 1 heterocycles. The summed E-state index contributed by atoms with van der Waals surface area (Å²) in [7, 11) is 0. The number of nitrogens with one attached hydrogen (secondary N) is 1. The number of rotatable bonds is 3. The van der Waals surface area contributed by atoms with E-state index in [2.05, 4.69) is 5.32 Å². The predicted octanol–water partition coefficient (Wildman–Crippen LogP) is 2.70. The Labute approximate surface area is 120 Å². The Morgan fingerprint density at radius 1 is 1.29 bits per heavy atom. The Kier molecular flexibility index (Phi) is 4.80. The lowest BCUT2D eigenvalue weighted by Crippen LogP contribution is -2.45. The Hall–Kier alpha value is -1.65. The second kappa shape index (κ2) is 6.41. The smallest absolute Gasteiger partial charge is 0.314 e. The summed E-state index contributed by atoms with van der Waals surface area (Å²) in [6, 6.07) is 3.92. The van der Waals surface area contributed by atoms with Gasteiger partial charge in [0.15, 0.2) is 0 Å². The standard InChI is InChI=1S/C14H15F4N3/c15-11-3-1-2-10(14(16,17)18)13(11)12(4-5-19)21-8-6-20-7-9-21/h1-3,12,20H,4,6-9H2/t12-/m1/s1. The fourth-order valence-corrected chi connectivity index (χ4v) is 2.62. The maximum Gasteiger partial charge on any atom is 0.416 e. The third-order valence-corrected chi connectivity index (χ3v) is 3.57. The van der Waals surface area contributed by atoms with Crippen molar-refractivity contribution < 1.29 is 17.6 Å². The van der Waals surface area contributed by atoms with Crippen molar-refractivity contribution in [3.05, 3.63) is 35.1 Å². The fourth-order valence-electron chi connectivity index (χ4n) is 2.62. The molecule has 1 aliphatic rings. The molecule has 1 atom stereocenters. The second-order valence-corrected chi connectivity index (χ2v) is 4.86. The van der Waals surface area contributed by atoms with Gasteiger partial charge < -0.3 is 5.32 Å². The van der Waals surface area contributed by atoms with Crippen LogP contribution in [-0.2, 0) is 6.18 Å². The van der Waals surface area contributed by atoms with Gasteiger partial charge in [-0.3, -0.25) is 4.90 Å². The van der Waals surface area contributed by atoms with Crippen LogP contribution in [0.15, 0.2) is 18.2 Å². The first kappa shape index (κ1) is 15.7. The normalized spacial score (nSPS) is 18.2. The second-order valence-electron chi connectivity index (χ2n) is 4.86. The van der Waals surface area contributed by atoms with Crippen molar-refractivity contribution in [1.82, 2.24) is 10.2 Å². The van der Waals surface area contributed by atoms with Crippen molar-refractivity contribution in [2.75, 3.05) is 26.2 Å².